The number of thioether (sulfide) groups is 1. The molecule has 58 heavy (non-hydrogen) atoms. The zero-order valence-corrected chi connectivity index (χ0v) is 32.5. The molecule has 0 radical (unpaired) electrons. The monoisotopic (exact) mass is 793 g/mol. The second-order valence-electron chi connectivity index (χ2n) is 14.1. The van der Waals surface area contributed by atoms with Gasteiger partial charge in [0.1, 0.15) is 17.5 Å². The average Bonchev–Trinajstić information content (AvgIpc) is 3.27. The first kappa shape index (κ1) is 39.8. The lowest BCUT2D eigenvalue weighted by atomic mass is 9.97. The fourth-order valence-corrected chi connectivity index (χ4v) is 8.46. The zero-order valence-electron chi connectivity index (χ0n) is 31.6. The summed E-state index contributed by atoms with van der Waals surface area (Å²) in [6.07, 6.45) is -1.14. The Bertz CT molecular complexity index is 2150. The molecule has 10 nitrogen and oxygen atoms in total. The predicted octanol–water partition coefficient (Wildman–Crippen LogP) is 6.95. The lowest BCUT2D eigenvalue weighted by Gasteiger charge is -2.52. The highest BCUT2D eigenvalue weighted by molar-refractivity contribution is 8.00. The first-order chi connectivity index (χ1) is 28.3. The summed E-state index contributed by atoms with van der Waals surface area (Å²) in [4.78, 5) is 69.4. The highest BCUT2D eigenvalue weighted by Gasteiger charge is 2.56. The van der Waals surface area contributed by atoms with Crippen LogP contribution < -0.4 is 10.6 Å². The SMILES string of the molecule is C=C1CS[C@H]2C(NC(=O)CCCC(NC(=O)c3ccccc3)C(=O)OC(c3ccccc3)c3ccccc3)C(=O)N2C1C(=O)OC(c1ccccc1)c1ccccc1. The summed E-state index contributed by atoms with van der Waals surface area (Å²) in [6.45, 7) is 4.10. The number of rotatable bonds is 15. The van der Waals surface area contributed by atoms with Crippen LogP contribution in [0.4, 0.5) is 0 Å². The second kappa shape index (κ2) is 18.7. The summed E-state index contributed by atoms with van der Waals surface area (Å²) in [7, 11) is 0. The summed E-state index contributed by atoms with van der Waals surface area (Å²) >= 11 is 1.42. The van der Waals surface area contributed by atoms with Crippen molar-refractivity contribution >= 4 is 41.4 Å². The number of carbonyl (C=O) groups excluding carboxylic acids is 5. The Morgan fingerprint density at radius 1 is 0.690 bits per heavy atom. The number of amides is 3. The molecule has 5 aromatic carbocycles. The maximum atomic E-state index is 13.9. The predicted molar refractivity (Wildman–Crippen MR) is 221 cm³/mol. The Kier molecular flexibility index (Phi) is 12.8. The van der Waals surface area contributed by atoms with Crippen molar-refractivity contribution in [2.75, 3.05) is 5.75 Å². The van der Waals surface area contributed by atoms with E-state index in [0.29, 0.717) is 16.9 Å². The Labute approximate surface area is 341 Å². The van der Waals surface area contributed by atoms with E-state index in [1.54, 1.807) is 30.3 Å². The van der Waals surface area contributed by atoms with Crippen molar-refractivity contribution in [3.05, 3.63) is 192 Å². The molecule has 2 saturated heterocycles. The van der Waals surface area contributed by atoms with Crippen molar-refractivity contribution in [2.24, 2.45) is 0 Å². The fraction of sp³-hybridized carbons (Fsp3) is 0.213. The number of hydrogen-bond donors (Lipinski definition) is 2. The number of carbonyl (C=O) groups is 5. The molecule has 2 fully saturated rings. The maximum absolute atomic E-state index is 13.9. The molecule has 3 unspecified atom stereocenters. The standard InChI is InChI=1S/C47H43N3O7S/c1-31-30-58-45-39(44(53)50(45)40(31)47(55)57-42(34-22-11-4-12-23-34)35-24-13-5-14-25-35)49-38(51)29-17-28-37(48-43(52)36-26-15-6-16-27-36)46(54)56-41(32-18-7-2-8-19-32)33-20-9-3-10-21-33/h2-16,18-27,37,39-42,45H,1,17,28-30H2,(H,48,52)(H,49,51)/t37?,39?,40?,45-/m0/s1. The van der Waals surface area contributed by atoms with Crippen LogP contribution in [0.15, 0.2) is 164 Å². The summed E-state index contributed by atoms with van der Waals surface area (Å²) in [5.41, 5.74) is 4.02. The molecule has 0 saturated carbocycles. The van der Waals surface area contributed by atoms with Crippen molar-refractivity contribution < 1.29 is 33.4 Å². The lowest BCUT2D eigenvalue weighted by Crippen LogP contribution is -2.74. The topological polar surface area (TPSA) is 131 Å². The molecule has 2 N–H and O–H groups in total. The van der Waals surface area contributed by atoms with E-state index in [-0.39, 0.29) is 19.3 Å². The molecule has 2 heterocycles. The van der Waals surface area contributed by atoms with Crippen LogP contribution in [-0.4, -0.2) is 63.8 Å². The smallest absolute Gasteiger partial charge is 0.334 e. The van der Waals surface area contributed by atoms with E-state index in [2.05, 4.69) is 17.2 Å². The van der Waals surface area contributed by atoms with Gasteiger partial charge in [-0.05, 0) is 52.8 Å². The van der Waals surface area contributed by atoms with Crippen LogP contribution in [-0.2, 0) is 28.7 Å². The number of nitrogens with zero attached hydrogens (tertiary/aromatic N) is 1. The highest BCUT2D eigenvalue weighted by atomic mass is 32.2. The largest absolute Gasteiger partial charge is 0.451 e. The van der Waals surface area contributed by atoms with E-state index in [1.807, 2.05) is 121 Å². The number of nitrogens with one attached hydrogen (secondary N) is 2. The molecule has 5 aromatic rings. The van der Waals surface area contributed by atoms with E-state index in [4.69, 9.17) is 9.47 Å². The summed E-state index contributed by atoms with van der Waals surface area (Å²) in [6, 6.07) is 43.1. The second-order valence-corrected chi connectivity index (χ2v) is 15.2. The van der Waals surface area contributed by atoms with Gasteiger partial charge in [0.05, 0.1) is 0 Å². The molecule has 0 bridgehead atoms. The molecule has 0 spiro atoms. The van der Waals surface area contributed by atoms with Gasteiger partial charge < -0.3 is 25.0 Å². The number of fused-ring (bicyclic) bond motifs is 1. The summed E-state index contributed by atoms with van der Waals surface area (Å²) in [5, 5.41) is 5.16. The van der Waals surface area contributed by atoms with E-state index in [9.17, 15) is 24.0 Å². The van der Waals surface area contributed by atoms with Crippen LogP contribution in [0.3, 0.4) is 0 Å². The van der Waals surface area contributed by atoms with E-state index >= 15 is 0 Å². The van der Waals surface area contributed by atoms with Gasteiger partial charge in [0.2, 0.25) is 11.8 Å². The van der Waals surface area contributed by atoms with Gasteiger partial charge in [0.25, 0.3) is 5.91 Å². The number of β-lactam (4-membered cyclic amide) rings is 1. The minimum absolute atomic E-state index is 0.0268. The molecular weight excluding hydrogens is 751 g/mol. The minimum Gasteiger partial charge on any atom is -0.451 e. The van der Waals surface area contributed by atoms with Crippen molar-refractivity contribution in [3.63, 3.8) is 0 Å². The number of esters is 2. The fourth-order valence-electron chi connectivity index (χ4n) is 7.16. The van der Waals surface area contributed by atoms with Crippen LogP contribution in [0, 0.1) is 0 Å². The normalized spacial score (nSPS) is 17.8. The molecule has 294 valence electrons. The summed E-state index contributed by atoms with van der Waals surface area (Å²) in [5.74, 6) is -2.10. The number of benzene rings is 5. The van der Waals surface area contributed by atoms with E-state index < -0.39 is 65.4 Å². The molecule has 0 aliphatic carbocycles. The molecular formula is C47H43N3O7S. The average molecular weight is 794 g/mol. The van der Waals surface area contributed by atoms with Gasteiger partial charge in [-0.2, -0.15) is 0 Å². The number of hydrogen-bond acceptors (Lipinski definition) is 8. The highest BCUT2D eigenvalue weighted by Crippen LogP contribution is 2.41. The molecule has 2 aliphatic heterocycles. The van der Waals surface area contributed by atoms with Crippen LogP contribution in [0.5, 0.6) is 0 Å². The van der Waals surface area contributed by atoms with Gasteiger partial charge in [-0.25, -0.2) is 9.59 Å². The molecule has 0 aromatic heterocycles. The summed E-state index contributed by atoms with van der Waals surface area (Å²) < 4.78 is 12.2. The van der Waals surface area contributed by atoms with Gasteiger partial charge in [0.15, 0.2) is 18.2 Å². The zero-order chi connectivity index (χ0) is 40.4. The van der Waals surface area contributed by atoms with E-state index in [1.165, 1.54) is 16.7 Å². The first-order valence-corrected chi connectivity index (χ1v) is 20.2. The Morgan fingerprint density at radius 2 is 1.16 bits per heavy atom. The third-order valence-electron chi connectivity index (χ3n) is 10.1. The van der Waals surface area contributed by atoms with Gasteiger partial charge in [0, 0.05) is 17.7 Å². The van der Waals surface area contributed by atoms with Crippen LogP contribution in [0.25, 0.3) is 0 Å². The lowest BCUT2D eigenvalue weighted by molar-refractivity contribution is -0.165. The van der Waals surface area contributed by atoms with Crippen LogP contribution in [0.1, 0.15) is 64.1 Å². The van der Waals surface area contributed by atoms with Crippen LogP contribution in [0.2, 0.25) is 0 Å². The van der Waals surface area contributed by atoms with Gasteiger partial charge in [-0.1, -0.05) is 146 Å². The molecule has 2 aliphatic rings. The third-order valence-corrected chi connectivity index (χ3v) is 11.5. The van der Waals surface area contributed by atoms with Crippen molar-refractivity contribution in [1.29, 1.82) is 0 Å². The van der Waals surface area contributed by atoms with Crippen molar-refractivity contribution in [2.45, 2.75) is 55.0 Å². The minimum atomic E-state index is -1.07. The number of ether oxygens (including phenoxy) is 2. The Hall–Kier alpha value is -6.46. The van der Waals surface area contributed by atoms with Gasteiger partial charge in [-0.15, -0.1) is 11.8 Å². The third kappa shape index (κ3) is 9.22. The molecule has 11 heteroatoms. The molecule has 4 atom stereocenters. The molecule has 3 amide bonds. The maximum Gasteiger partial charge on any atom is 0.334 e. The quantitative estimate of drug-likeness (QED) is 0.0663. The molecule has 7 rings (SSSR count). The van der Waals surface area contributed by atoms with E-state index in [0.717, 1.165) is 22.3 Å². The van der Waals surface area contributed by atoms with Gasteiger partial charge in [-0.3, -0.25) is 14.4 Å². The van der Waals surface area contributed by atoms with Crippen molar-refractivity contribution in [3.8, 4) is 0 Å². The first-order valence-electron chi connectivity index (χ1n) is 19.2. The van der Waals surface area contributed by atoms with Gasteiger partial charge >= 0.3 is 11.9 Å². The Balaban J connectivity index is 0.991. The van der Waals surface area contributed by atoms with Crippen LogP contribution >= 0.6 is 11.8 Å². The Morgan fingerprint density at radius 3 is 1.66 bits per heavy atom. The van der Waals surface area contributed by atoms with Crippen molar-refractivity contribution in [1.82, 2.24) is 15.5 Å².